The maximum atomic E-state index is 14.1. The zero-order chi connectivity index (χ0) is 18.1. The molecular weight excluding hydrogens is 321 g/mol. The van der Waals surface area contributed by atoms with E-state index in [2.05, 4.69) is 28.6 Å². The molecule has 2 fully saturated rings. The number of likely N-dealkylation sites (N-methyl/N-ethyl adjacent to an activating group) is 1. The van der Waals surface area contributed by atoms with Gasteiger partial charge in [-0.1, -0.05) is 0 Å². The van der Waals surface area contributed by atoms with E-state index in [0.29, 0.717) is 26.1 Å². The number of halogens is 1. The molecule has 0 aromatic carbocycles. The van der Waals surface area contributed by atoms with Crippen LogP contribution in [0, 0.1) is 0 Å². The van der Waals surface area contributed by atoms with Gasteiger partial charge in [0.2, 0.25) is 5.91 Å². The zero-order valence-electron chi connectivity index (χ0n) is 15.7. The number of likely N-dealkylation sites (tertiary alicyclic amines) is 2. The second-order valence-electron chi connectivity index (χ2n) is 7.74. The van der Waals surface area contributed by atoms with Crippen molar-refractivity contribution < 1.29 is 9.18 Å². The highest BCUT2D eigenvalue weighted by Crippen LogP contribution is 2.25. The molecule has 25 heavy (non-hydrogen) atoms. The Bertz CT molecular complexity index is 604. The van der Waals surface area contributed by atoms with Crippen LogP contribution in [0.3, 0.4) is 0 Å². The number of aromatic nitrogens is 2. The van der Waals surface area contributed by atoms with Crippen LogP contribution < -0.4 is 0 Å². The number of hydrogen-bond acceptors (Lipinski definition) is 4. The minimum absolute atomic E-state index is 0.0731. The molecule has 1 aromatic rings. The summed E-state index contributed by atoms with van der Waals surface area (Å²) in [5, 5.41) is 0. The Morgan fingerprint density at radius 2 is 2.20 bits per heavy atom. The molecule has 2 saturated heterocycles. The van der Waals surface area contributed by atoms with Gasteiger partial charge in [-0.25, -0.2) is 9.37 Å². The number of carbonyl (C=O) groups excluding carboxylic acids is 1. The summed E-state index contributed by atoms with van der Waals surface area (Å²) in [6.45, 7) is 6.74. The van der Waals surface area contributed by atoms with Gasteiger partial charge >= 0.3 is 0 Å². The first-order valence-electron chi connectivity index (χ1n) is 9.21. The Morgan fingerprint density at radius 3 is 2.80 bits per heavy atom. The largest absolute Gasteiger partial charge is 0.339 e. The van der Waals surface area contributed by atoms with Gasteiger partial charge in [0.15, 0.2) is 0 Å². The third kappa shape index (κ3) is 3.87. The van der Waals surface area contributed by atoms with Crippen LogP contribution in [0.4, 0.5) is 4.39 Å². The summed E-state index contributed by atoms with van der Waals surface area (Å²) in [6, 6.07) is 0.293. The zero-order valence-corrected chi connectivity index (χ0v) is 15.7. The summed E-state index contributed by atoms with van der Waals surface area (Å²) in [5.41, 5.74) is 0. The first-order valence-corrected chi connectivity index (χ1v) is 9.21. The summed E-state index contributed by atoms with van der Waals surface area (Å²) in [7, 11) is 3.96. The average molecular weight is 351 g/mol. The molecule has 3 heterocycles. The highest BCUT2D eigenvalue weighted by atomic mass is 19.1. The van der Waals surface area contributed by atoms with Crippen LogP contribution in [0.25, 0.3) is 0 Å². The van der Waals surface area contributed by atoms with Gasteiger partial charge in [-0.05, 0) is 33.7 Å². The molecule has 1 aromatic heterocycles. The molecule has 0 bridgehead atoms. The third-order valence-electron chi connectivity index (χ3n) is 5.61. The third-order valence-corrected chi connectivity index (χ3v) is 5.61. The van der Waals surface area contributed by atoms with Crippen molar-refractivity contribution in [3.05, 3.63) is 18.2 Å². The lowest BCUT2D eigenvalue weighted by Crippen LogP contribution is -2.46. The number of rotatable bonds is 6. The van der Waals surface area contributed by atoms with Crippen LogP contribution in [0.5, 0.6) is 0 Å². The molecule has 3 atom stereocenters. The second-order valence-corrected chi connectivity index (χ2v) is 7.74. The minimum atomic E-state index is -0.801. The van der Waals surface area contributed by atoms with Gasteiger partial charge < -0.3 is 9.47 Å². The first kappa shape index (κ1) is 18.3. The Hall–Kier alpha value is -1.47. The highest BCUT2D eigenvalue weighted by Gasteiger charge is 2.39. The van der Waals surface area contributed by atoms with Crippen molar-refractivity contribution >= 4 is 5.91 Å². The molecule has 6 nitrogen and oxygen atoms in total. The van der Waals surface area contributed by atoms with Gasteiger partial charge in [-0.15, -0.1) is 0 Å². The van der Waals surface area contributed by atoms with Crippen molar-refractivity contribution in [3.63, 3.8) is 0 Å². The first-order chi connectivity index (χ1) is 11.9. The van der Waals surface area contributed by atoms with Crippen LogP contribution >= 0.6 is 0 Å². The van der Waals surface area contributed by atoms with E-state index in [1.54, 1.807) is 6.20 Å². The van der Waals surface area contributed by atoms with Gasteiger partial charge in [0.05, 0.1) is 12.6 Å². The van der Waals surface area contributed by atoms with Crippen LogP contribution in [0.15, 0.2) is 12.4 Å². The Balaban J connectivity index is 1.62. The Kier molecular flexibility index (Phi) is 5.43. The standard InChI is InChI=1S/C18H30FN5O/c1-13(2)24-7-5-16(18(24)25)22(4)11-15-9-14(19)10-23(15)12-17-20-6-8-21(17)3/h6,8,13-16H,5,7,9-12H2,1-4H3/t14-,15-,16-/m0/s1. The predicted octanol–water partition coefficient (Wildman–Crippen LogP) is 1.27. The van der Waals surface area contributed by atoms with E-state index in [1.165, 1.54) is 0 Å². The molecule has 1 amide bonds. The van der Waals surface area contributed by atoms with Crippen molar-refractivity contribution in [1.82, 2.24) is 24.3 Å². The molecule has 0 unspecified atom stereocenters. The van der Waals surface area contributed by atoms with Gasteiger partial charge in [-0.2, -0.15) is 0 Å². The summed E-state index contributed by atoms with van der Waals surface area (Å²) in [6.07, 6.45) is 4.28. The molecule has 0 spiro atoms. The van der Waals surface area contributed by atoms with E-state index >= 15 is 0 Å². The molecule has 0 saturated carbocycles. The smallest absolute Gasteiger partial charge is 0.240 e. The topological polar surface area (TPSA) is 44.6 Å². The van der Waals surface area contributed by atoms with Crippen molar-refractivity contribution in [3.8, 4) is 0 Å². The van der Waals surface area contributed by atoms with E-state index < -0.39 is 6.17 Å². The summed E-state index contributed by atoms with van der Waals surface area (Å²) in [4.78, 5) is 23.2. The summed E-state index contributed by atoms with van der Waals surface area (Å²) in [5.74, 6) is 1.16. The van der Waals surface area contributed by atoms with Crippen molar-refractivity contribution in [2.75, 3.05) is 26.7 Å². The molecule has 0 aliphatic carbocycles. The highest BCUT2D eigenvalue weighted by molar-refractivity contribution is 5.84. The van der Waals surface area contributed by atoms with E-state index in [4.69, 9.17) is 0 Å². The van der Waals surface area contributed by atoms with E-state index in [9.17, 15) is 9.18 Å². The number of imidazole rings is 1. The lowest BCUT2D eigenvalue weighted by atomic mass is 10.1. The number of nitrogens with zero attached hydrogens (tertiary/aromatic N) is 5. The molecule has 2 aliphatic rings. The molecule has 0 radical (unpaired) electrons. The quantitative estimate of drug-likeness (QED) is 0.774. The van der Waals surface area contributed by atoms with Crippen LogP contribution in [0.1, 0.15) is 32.5 Å². The van der Waals surface area contributed by atoms with Crippen LogP contribution in [0.2, 0.25) is 0 Å². The minimum Gasteiger partial charge on any atom is -0.339 e. The fourth-order valence-electron chi connectivity index (χ4n) is 4.10. The van der Waals surface area contributed by atoms with E-state index in [0.717, 1.165) is 18.8 Å². The second kappa shape index (κ2) is 7.41. The molecule has 0 N–H and O–H groups in total. The van der Waals surface area contributed by atoms with Gasteiger partial charge in [-0.3, -0.25) is 14.6 Å². The maximum absolute atomic E-state index is 14.1. The SMILES string of the molecule is CC(C)N1CC[C@H](N(C)C[C@@H]2C[C@H](F)CN2Cc2nccn2C)C1=O. The fraction of sp³-hybridized carbons (Fsp3) is 0.778. The Labute approximate surface area is 149 Å². The number of carbonyl (C=O) groups is 1. The normalized spacial score (nSPS) is 28.0. The van der Waals surface area contributed by atoms with Crippen molar-refractivity contribution in [2.24, 2.45) is 7.05 Å². The molecule has 140 valence electrons. The van der Waals surface area contributed by atoms with E-state index in [-0.39, 0.29) is 24.0 Å². The number of alkyl halides is 1. The number of amides is 1. The average Bonchev–Trinajstić information content (AvgIpc) is 3.20. The molecule has 3 rings (SSSR count). The van der Waals surface area contributed by atoms with Crippen LogP contribution in [-0.4, -0.2) is 81.1 Å². The molecular formula is C18H30FN5O. The summed E-state index contributed by atoms with van der Waals surface area (Å²) < 4.78 is 16.0. The molecule has 2 aliphatic heterocycles. The van der Waals surface area contributed by atoms with Gasteiger partial charge in [0.25, 0.3) is 0 Å². The van der Waals surface area contributed by atoms with Gasteiger partial charge in [0, 0.05) is 51.2 Å². The van der Waals surface area contributed by atoms with Crippen molar-refractivity contribution in [1.29, 1.82) is 0 Å². The predicted molar refractivity (Wildman–Crippen MR) is 94.8 cm³/mol. The van der Waals surface area contributed by atoms with Gasteiger partial charge in [0.1, 0.15) is 12.0 Å². The van der Waals surface area contributed by atoms with Crippen LogP contribution in [-0.2, 0) is 18.4 Å². The Morgan fingerprint density at radius 1 is 1.44 bits per heavy atom. The summed E-state index contributed by atoms with van der Waals surface area (Å²) >= 11 is 0. The molecule has 7 heteroatoms. The maximum Gasteiger partial charge on any atom is 0.240 e. The van der Waals surface area contributed by atoms with Crippen molar-refractivity contribution in [2.45, 2.75) is 57.5 Å². The van der Waals surface area contributed by atoms with E-state index in [1.807, 2.05) is 29.8 Å². The number of hydrogen-bond donors (Lipinski definition) is 0. The number of aryl methyl sites for hydroxylation is 1. The lowest BCUT2D eigenvalue weighted by molar-refractivity contribution is -0.133. The monoisotopic (exact) mass is 351 g/mol. The fourth-order valence-corrected chi connectivity index (χ4v) is 4.10. The lowest BCUT2D eigenvalue weighted by Gasteiger charge is -2.31.